The molecule has 2 rings (SSSR count). The third kappa shape index (κ3) is 2.96. The number of imidazole rings is 1. The van der Waals surface area contributed by atoms with Gasteiger partial charge in [0.2, 0.25) is 0 Å². The predicted molar refractivity (Wildman–Crippen MR) is 75.8 cm³/mol. The Bertz CT molecular complexity index is 677. The second-order valence-corrected chi connectivity index (χ2v) is 6.50. The molecule has 0 atom stereocenters. The van der Waals surface area contributed by atoms with E-state index in [4.69, 9.17) is 5.73 Å². The number of rotatable bonds is 4. The highest BCUT2D eigenvalue weighted by molar-refractivity contribution is 9.10. The molecule has 1 aromatic carbocycles. The zero-order valence-corrected chi connectivity index (χ0v) is 12.6. The van der Waals surface area contributed by atoms with Gasteiger partial charge < -0.3 is 10.3 Å². The maximum atomic E-state index is 12.2. The number of halogens is 1. The monoisotopic (exact) mass is 344 g/mol. The van der Waals surface area contributed by atoms with Gasteiger partial charge in [0.25, 0.3) is 10.0 Å². The van der Waals surface area contributed by atoms with Crippen LogP contribution in [0.2, 0.25) is 0 Å². The summed E-state index contributed by atoms with van der Waals surface area (Å²) in [7, 11) is -2.11. The Morgan fingerprint density at radius 1 is 1.42 bits per heavy atom. The molecule has 0 aliphatic heterocycles. The number of hydrogen-bond acceptors (Lipinski definition) is 4. The molecule has 19 heavy (non-hydrogen) atoms. The van der Waals surface area contributed by atoms with Crippen LogP contribution < -0.4 is 10.5 Å². The summed E-state index contributed by atoms with van der Waals surface area (Å²) >= 11 is 3.36. The average molecular weight is 345 g/mol. The summed E-state index contributed by atoms with van der Waals surface area (Å²) in [5.41, 5.74) is 6.41. The molecular formula is C11H13BrN4O2S. The van der Waals surface area contributed by atoms with Gasteiger partial charge in [-0.15, -0.1) is 0 Å². The lowest BCUT2D eigenvalue weighted by molar-refractivity contribution is 0.571. The van der Waals surface area contributed by atoms with Gasteiger partial charge in [0, 0.05) is 18.1 Å². The summed E-state index contributed by atoms with van der Waals surface area (Å²) in [4.78, 5) is 3.77. The first kappa shape index (κ1) is 14.0. The van der Waals surface area contributed by atoms with E-state index < -0.39 is 10.0 Å². The SMILES string of the molecule is Cn1cnc(N)c1S(=O)(=O)NCc1ccccc1Br. The normalized spacial score (nSPS) is 11.7. The number of anilines is 1. The van der Waals surface area contributed by atoms with E-state index in [1.165, 1.54) is 10.9 Å². The van der Waals surface area contributed by atoms with Crippen LogP contribution in [0.15, 0.2) is 40.1 Å². The number of aromatic nitrogens is 2. The van der Waals surface area contributed by atoms with Crippen molar-refractivity contribution < 1.29 is 8.42 Å². The van der Waals surface area contributed by atoms with Gasteiger partial charge in [0.05, 0.1) is 6.33 Å². The summed E-state index contributed by atoms with van der Waals surface area (Å²) < 4.78 is 29.0. The van der Waals surface area contributed by atoms with E-state index in [0.717, 1.165) is 10.0 Å². The van der Waals surface area contributed by atoms with Crippen molar-refractivity contribution in [3.8, 4) is 0 Å². The molecule has 1 heterocycles. The van der Waals surface area contributed by atoms with Crippen LogP contribution in [-0.4, -0.2) is 18.0 Å². The van der Waals surface area contributed by atoms with Crippen molar-refractivity contribution >= 4 is 31.8 Å². The van der Waals surface area contributed by atoms with Crippen LogP contribution in [-0.2, 0) is 23.6 Å². The van der Waals surface area contributed by atoms with Gasteiger partial charge in [-0.05, 0) is 11.6 Å². The molecule has 0 aliphatic carbocycles. The molecule has 1 aromatic heterocycles. The molecule has 0 amide bonds. The Balaban J connectivity index is 2.22. The van der Waals surface area contributed by atoms with Crippen molar-refractivity contribution in [3.05, 3.63) is 40.6 Å². The van der Waals surface area contributed by atoms with Crippen LogP contribution in [0.1, 0.15) is 5.56 Å². The number of nitrogens with one attached hydrogen (secondary N) is 1. The minimum atomic E-state index is -3.69. The summed E-state index contributed by atoms with van der Waals surface area (Å²) in [5, 5.41) is -0.0282. The van der Waals surface area contributed by atoms with E-state index in [0.29, 0.717) is 0 Å². The summed E-state index contributed by atoms with van der Waals surface area (Å²) in [6, 6.07) is 7.38. The van der Waals surface area contributed by atoms with Crippen LogP contribution in [0.5, 0.6) is 0 Å². The van der Waals surface area contributed by atoms with E-state index in [-0.39, 0.29) is 17.4 Å². The topological polar surface area (TPSA) is 90.0 Å². The zero-order valence-electron chi connectivity index (χ0n) is 10.2. The first-order valence-corrected chi connectivity index (χ1v) is 7.69. The van der Waals surface area contributed by atoms with E-state index in [1.54, 1.807) is 7.05 Å². The van der Waals surface area contributed by atoms with E-state index in [9.17, 15) is 8.42 Å². The predicted octanol–water partition coefficient (Wildman–Crippen LogP) is 1.24. The number of nitrogens with two attached hydrogens (primary N) is 1. The average Bonchev–Trinajstić information content (AvgIpc) is 2.69. The fourth-order valence-electron chi connectivity index (χ4n) is 1.65. The lowest BCUT2D eigenvalue weighted by atomic mass is 10.2. The van der Waals surface area contributed by atoms with Crippen molar-refractivity contribution in [2.75, 3.05) is 5.73 Å². The summed E-state index contributed by atoms with van der Waals surface area (Å²) in [6.45, 7) is 0.175. The number of nitrogen functional groups attached to an aromatic ring is 1. The zero-order chi connectivity index (χ0) is 14.0. The van der Waals surface area contributed by atoms with Gasteiger partial charge in [0.1, 0.15) is 0 Å². The highest BCUT2D eigenvalue weighted by Gasteiger charge is 2.22. The number of benzene rings is 1. The standard InChI is InChI=1S/C11H13BrN4O2S/c1-16-7-14-10(13)11(16)19(17,18)15-6-8-4-2-3-5-9(8)12/h2-5,7,15H,6,13H2,1H3. The third-order valence-corrected chi connectivity index (χ3v) is 4.88. The first-order valence-electron chi connectivity index (χ1n) is 5.41. The molecule has 6 nitrogen and oxygen atoms in total. The fraction of sp³-hybridized carbons (Fsp3) is 0.182. The maximum absolute atomic E-state index is 12.2. The van der Waals surface area contributed by atoms with Gasteiger partial charge in [0.15, 0.2) is 10.8 Å². The van der Waals surface area contributed by atoms with Crippen LogP contribution in [0, 0.1) is 0 Å². The van der Waals surface area contributed by atoms with Gasteiger partial charge >= 0.3 is 0 Å². The molecule has 2 aromatic rings. The van der Waals surface area contributed by atoms with Gasteiger partial charge in [-0.2, -0.15) is 0 Å². The lowest BCUT2D eigenvalue weighted by Crippen LogP contribution is -2.26. The maximum Gasteiger partial charge on any atom is 0.260 e. The Labute approximate surface area is 119 Å². The molecule has 3 N–H and O–H groups in total. The second-order valence-electron chi connectivity index (χ2n) is 3.96. The van der Waals surface area contributed by atoms with Gasteiger partial charge in [-0.3, -0.25) is 0 Å². The van der Waals surface area contributed by atoms with Crippen LogP contribution in [0.4, 0.5) is 5.82 Å². The van der Waals surface area contributed by atoms with Crippen molar-refractivity contribution in [2.24, 2.45) is 7.05 Å². The van der Waals surface area contributed by atoms with E-state index >= 15 is 0 Å². The first-order chi connectivity index (χ1) is 8.92. The van der Waals surface area contributed by atoms with E-state index in [1.807, 2.05) is 24.3 Å². The minimum Gasteiger partial charge on any atom is -0.381 e. The molecule has 0 radical (unpaired) electrons. The molecule has 0 aliphatic rings. The molecule has 8 heteroatoms. The fourth-order valence-corrected chi connectivity index (χ4v) is 3.31. The molecule has 0 saturated heterocycles. The molecule has 102 valence electrons. The molecule has 0 saturated carbocycles. The van der Waals surface area contributed by atoms with Crippen LogP contribution in [0.3, 0.4) is 0 Å². The quantitative estimate of drug-likeness (QED) is 0.873. The van der Waals surface area contributed by atoms with Gasteiger partial charge in [-0.25, -0.2) is 18.1 Å². The lowest BCUT2D eigenvalue weighted by Gasteiger charge is -2.09. The van der Waals surface area contributed by atoms with Crippen molar-refractivity contribution in [1.82, 2.24) is 14.3 Å². The Kier molecular flexibility index (Phi) is 3.93. The number of hydrogen-bond donors (Lipinski definition) is 2. The van der Waals surface area contributed by atoms with Gasteiger partial charge in [-0.1, -0.05) is 34.1 Å². The molecule has 0 fully saturated rings. The van der Waals surface area contributed by atoms with Crippen molar-refractivity contribution in [1.29, 1.82) is 0 Å². The number of sulfonamides is 1. The molecule has 0 spiro atoms. The minimum absolute atomic E-state index is 0.0119. The van der Waals surface area contributed by atoms with E-state index in [2.05, 4.69) is 25.6 Å². The molecule has 0 unspecified atom stereocenters. The molecular weight excluding hydrogens is 332 g/mol. The highest BCUT2D eigenvalue weighted by Crippen LogP contribution is 2.18. The van der Waals surface area contributed by atoms with Crippen molar-refractivity contribution in [2.45, 2.75) is 11.6 Å². The van der Waals surface area contributed by atoms with Crippen molar-refractivity contribution in [3.63, 3.8) is 0 Å². The van der Waals surface area contributed by atoms with Crippen LogP contribution >= 0.6 is 15.9 Å². The third-order valence-electron chi connectivity index (χ3n) is 2.57. The largest absolute Gasteiger partial charge is 0.381 e. The second kappa shape index (κ2) is 5.32. The number of aryl methyl sites for hydroxylation is 1. The highest BCUT2D eigenvalue weighted by atomic mass is 79.9. The summed E-state index contributed by atoms with van der Waals surface area (Å²) in [6.07, 6.45) is 1.36. The smallest absolute Gasteiger partial charge is 0.260 e. The molecule has 0 bridgehead atoms. The Morgan fingerprint density at radius 3 is 2.68 bits per heavy atom. The Hall–Kier alpha value is -1.38. The number of nitrogens with zero attached hydrogens (tertiary/aromatic N) is 2. The van der Waals surface area contributed by atoms with Crippen LogP contribution in [0.25, 0.3) is 0 Å². The summed E-state index contributed by atoms with van der Waals surface area (Å²) in [5.74, 6) is -0.0119. The Morgan fingerprint density at radius 2 is 2.11 bits per heavy atom.